The molecule has 1 unspecified atom stereocenters. The fraction of sp³-hybridized carbons (Fsp3) is 0.467. The quantitative estimate of drug-likeness (QED) is 0.771. The Bertz CT molecular complexity index is 502. The summed E-state index contributed by atoms with van der Waals surface area (Å²) in [6, 6.07) is 7.22. The van der Waals surface area contributed by atoms with E-state index in [2.05, 4.69) is 5.32 Å². The molecule has 2 rings (SSSR count). The summed E-state index contributed by atoms with van der Waals surface area (Å²) in [6.07, 6.45) is 0.163. The Morgan fingerprint density at radius 1 is 1.50 bits per heavy atom. The number of benzene rings is 1. The molecule has 0 spiro atoms. The lowest BCUT2D eigenvalue weighted by atomic mass is 10.1. The van der Waals surface area contributed by atoms with Gasteiger partial charge in [-0.1, -0.05) is 12.1 Å². The highest BCUT2D eigenvalue weighted by Crippen LogP contribution is 2.10. The molecular weight excluding hydrogens is 256 g/mol. The highest BCUT2D eigenvalue weighted by molar-refractivity contribution is 5.94. The van der Waals surface area contributed by atoms with E-state index in [1.807, 2.05) is 38.1 Å². The summed E-state index contributed by atoms with van der Waals surface area (Å²) in [5.41, 5.74) is 1.85. The van der Waals surface area contributed by atoms with Crippen LogP contribution in [0.2, 0.25) is 0 Å². The number of likely N-dealkylation sites (N-methyl/N-ethyl adjacent to an activating group) is 1. The van der Waals surface area contributed by atoms with Gasteiger partial charge in [0.05, 0.1) is 13.0 Å². The highest BCUT2D eigenvalue weighted by atomic mass is 16.5. The van der Waals surface area contributed by atoms with Crippen LogP contribution in [-0.2, 0) is 14.3 Å². The van der Waals surface area contributed by atoms with Crippen LogP contribution in [0.1, 0.15) is 18.9 Å². The van der Waals surface area contributed by atoms with E-state index < -0.39 is 6.04 Å². The molecule has 5 heteroatoms. The molecule has 2 atom stereocenters. The van der Waals surface area contributed by atoms with Gasteiger partial charge in [-0.15, -0.1) is 0 Å². The zero-order chi connectivity index (χ0) is 14.5. The van der Waals surface area contributed by atoms with Crippen LogP contribution in [0, 0.1) is 6.92 Å². The number of carbonyl (C=O) groups excluding carboxylic acids is 2. The summed E-state index contributed by atoms with van der Waals surface area (Å²) < 4.78 is 5.05. The molecule has 2 N–H and O–H groups in total. The maximum absolute atomic E-state index is 12.1. The van der Waals surface area contributed by atoms with Gasteiger partial charge in [-0.2, -0.15) is 0 Å². The fourth-order valence-corrected chi connectivity index (χ4v) is 2.50. The number of quaternary nitrogens is 1. The van der Waals surface area contributed by atoms with E-state index in [-0.39, 0.29) is 18.3 Å². The zero-order valence-electron chi connectivity index (χ0n) is 11.9. The molecule has 20 heavy (non-hydrogen) atoms. The number of rotatable bonds is 4. The van der Waals surface area contributed by atoms with Crippen molar-refractivity contribution in [2.75, 3.05) is 25.0 Å². The van der Waals surface area contributed by atoms with Crippen LogP contribution in [0.5, 0.6) is 0 Å². The van der Waals surface area contributed by atoms with Gasteiger partial charge in [-0.25, -0.2) is 4.79 Å². The topological polar surface area (TPSA) is 59.8 Å². The number of morpholine rings is 1. The van der Waals surface area contributed by atoms with Crippen LogP contribution in [0.4, 0.5) is 5.69 Å². The van der Waals surface area contributed by atoms with E-state index in [1.165, 1.54) is 0 Å². The number of amides is 1. The lowest BCUT2D eigenvalue weighted by Crippen LogP contribution is -3.18. The van der Waals surface area contributed by atoms with Gasteiger partial charge < -0.3 is 15.0 Å². The van der Waals surface area contributed by atoms with Gasteiger partial charge in [-0.3, -0.25) is 4.79 Å². The summed E-state index contributed by atoms with van der Waals surface area (Å²) in [6.45, 7) is 6.01. The number of cyclic esters (lactones) is 1. The Kier molecular flexibility index (Phi) is 4.74. The minimum absolute atomic E-state index is 0.148. The summed E-state index contributed by atoms with van der Waals surface area (Å²) in [4.78, 5) is 25.0. The molecule has 1 aromatic rings. The van der Waals surface area contributed by atoms with Crippen LogP contribution in [0.3, 0.4) is 0 Å². The molecule has 1 aromatic carbocycles. The van der Waals surface area contributed by atoms with E-state index in [0.29, 0.717) is 6.61 Å². The van der Waals surface area contributed by atoms with Crippen LogP contribution < -0.4 is 10.2 Å². The number of anilines is 1. The van der Waals surface area contributed by atoms with Crippen molar-refractivity contribution in [2.24, 2.45) is 0 Å². The molecule has 0 bridgehead atoms. The second-order valence-electron chi connectivity index (χ2n) is 5.10. The van der Waals surface area contributed by atoms with Crippen molar-refractivity contribution in [1.29, 1.82) is 0 Å². The largest absolute Gasteiger partial charge is 0.455 e. The Morgan fingerprint density at radius 3 is 3.00 bits per heavy atom. The standard InChI is InChI=1S/C15H20N2O3/c1-3-17-7-8-20-15(19)13(17)10-14(18)16-12-6-4-5-11(2)9-12/h4-6,9,13H,3,7-8,10H2,1-2H3,(H,16,18)/p+1/t13-/m1/s1. The molecule has 1 aliphatic rings. The average Bonchev–Trinajstić information content (AvgIpc) is 2.41. The van der Waals surface area contributed by atoms with Crippen molar-refractivity contribution < 1.29 is 19.2 Å². The maximum Gasteiger partial charge on any atom is 0.365 e. The average molecular weight is 277 g/mol. The zero-order valence-corrected chi connectivity index (χ0v) is 11.9. The minimum atomic E-state index is -0.390. The Labute approximate surface area is 118 Å². The van der Waals surface area contributed by atoms with Crippen molar-refractivity contribution in [3.8, 4) is 0 Å². The van der Waals surface area contributed by atoms with Gasteiger partial charge in [0.25, 0.3) is 0 Å². The number of esters is 1. The maximum atomic E-state index is 12.1. The van der Waals surface area contributed by atoms with Crippen molar-refractivity contribution >= 4 is 17.6 Å². The van der Waals surface area contributed by atoms with E-state index in [1.54, 1.807) is 0 Å². The minimum Gasteiger partial charge on any atom is -0.455 e. The normalized spacial score (nSPS) is 22.2. The number of nitrogens with one attached hydrogen (secondary N) is 2. The SMILES string of the molecule is CC[NH+]1CCOC(=O)[C@H]1CC(=O)Nc1cccc(C)c1. The first-order chi connectivity index (χ1) is 9.60. The molecule has 0 radical (unpaired) electrons. The Morgan fingerprint density at radius 2 is 2.30 bits per heavy atom. The summed E-state index contributed by atoms with van der Waals surface area (Å²) in [7, 11) is 0. The Balaban J connectivity index is 1.97. The van der Waals surface area contributed by atoms with Crippen LogP contribution >= 0.6 is 0 Å². The lowest BCUT2D eigenvalue weighted by molar-refractivity contribution is -0.919. The number of aryl methyl sites for hydroxylation is 1. The number of carbonyl (C=O) groups is 2. The van der Waals surface area contributed by atoms with Crippen LogP contribution in [0.25, 0.3) is 0 Å². The molecule has 5 nitrogen and oxygen atoms in total. The summed E-state index contributed by atoms with van der Waals surface area (Å²) in [5.74, 6) is -0.419. The number of hydrogen-bond donors (Lipinski definition) is 2. The summed E-state index contributed by atoms with van der Waals surface area (Å²) in [5, 5.41) is 2.84. The van der Waals surface area contributed by atoms with Crippen LogP contribution in [-0.4, -0.2) is 37.6 Å². The third kappa shape index (κ3) is 3.57. The van der Waals surface area contributed by atoms with Crippen molar-refractivity contribution in [1.82, 2.24) is 0 Å². The molecule has 1 fully saturated rings. The highest BCUT2D eigenvalue weighted by Gasteiger charge is 2.36. The monoisotopic (exact) mass is 277 g/mol. The molecular formula is C15H21N2O3+. The molecule has 1 saturated heterocycles. The molecule has 1 heterocycles. The third-order valence-electron chi connectivity index (χ3n) is 3.59. The predicted molar refractivity (Wildman–Crippen MR) is 75.5 cm³/mol. The van der Waals surface area contributed by atoms with E-state index in [9.17, 15) is 9.59 Å². The first-order valence-electron chi connectivity index (χ1n) is 6.98. The fourth-order valence-electron chi connectivity index (χ4n) is 2.50. The van der Waals surface area contributed by atoms with E-state index >= 15 is 0 Å². The predicted octanol–water partition coefficient (Wildman–Crippen LogP) is 0.154. The van der Waals surface area contributed by atoms with Crippen molar-refractivity contribution in [3.05, 3.63) is 29.8 Å². The lowest BCUT2D eigenvalue weighted by Gasteiger charge is -2.29. The molecule has 1 aliphatic heterocycles. The van der Waals surface area contributed by atoms with Gasteiger partial charge >= 0.3 is 5.97 Å². The Hall–Kier alpha value is -1.88. The van der Waals surface area contributed by atoms with Crippen molar-refractivity contribution in [2.45, 2.75) is 26.3 Å². The summed E-state index contributed by atoms with van der Waals surface area (Å²) >= 11 is 0. The van der Waals surface area contributed by atoms with Gasteiger partial charge in [0.15, 0.2) is 6.04 Å². The second-order valence-corrected chi connectivity index (χ2v) is 5.10. The smallest absolute Gasteiger partial charge is 0.365 e. The second kappa shape index (κ2) is 6.52. The molecule has 1 amide bonds. The van der Waals surface area contributed by atoms with E-state index in [0.717, 1.165) is 29.2 Å². The molecule has 0 aromatic heterocycles. The van der Waals surface area contributed by atoms with Crippen molar-refractivity contribution in [3.63, 3.8) is 0 Å². The van der Waals surface area contributed by atoms with Crippen LogP contribution in [0.15, 0.2) is 24.3 Å². The van der Waals surface area contributed by atoms with E-state index in [4.69, 9.17) is 4.74 Å². The molecule has 108 valence electrons. The van der Waals surface area contributed by atoms with Gasteiger partial charge in [0.2, 0.25) is 5.91 Å². The molecule has 0 aliphatic carbocycles. The first kappa shape index (κ1) is 14.5. The van der Waals surface area contributed by atoms with Gasteiger partial charge in [0.1, 0.15) is 13.2 Å². The first-order valence-corrected chi connectivity index (χ1v) is 6.98. The molecule has 0 saturated carbocycles. The van der Waals surface area contributed by atoms with Gasteiger partial charge in [-0.05, 0) is 31.5 Å². The van der Waals surface area contributed by atoms with Gasteiger partial charge in [0, 0.05) is 5.69 Å². The third-order valence-corrected chi connectivity index (χ3v) is 3.59. The number of ether oxygens (including phenoxy) is 1. The number of hydrogen-bond acceptors (Lipinski definition) is 3.